The van der Waals surface area contributed by atoms with Crippen LogP contribution in [0.2, 0.25) is 0 Å². The number of hydrogen-bond donors (Lipinski definition) is 3. The highest BCUT2D eigenvalue weighted by Crippen LogP contribution is 2.44. The van der Waals surface area contributed by atoms with Gasteiger partial charge in [-0.25, -0.2) is 0 Å². The molecule has 0 radical (unpaired) electrons. The summed E-state index contributed by atoms with van der Waals surface area (Å²) in [6.45, 7) is 0. The van der Waals surface area contributed by atoms with E-state index in [4.69, 9.17) is 0 Å². The monoisotopic (exact) mass is 768 g/mol. The Hall–Kier alpha value is -6.12. The van der Waals surface area contributed by atoms with Gasteiger partial charge in [-0.05, 0) is 70.3 Å². The summed E-state index contributed by atoms with van der Waals surface area (Å²) in [7, 11) is 0. The second-order valence-corrected chi connectivity index (χ2v) is 17.2. The predicted octanol–water partition coefficient (Wildman–Crippen LogP) is 13.4. The summed E-state index contributed by atoms with van der Waals surface area (Å²) in [4.78, 5) is 0. The summed E-state index contributed by atoms with van der Waals surface area (Å²) >= 11 is 3.77. The Balaban J connectivity index is 0.943. The van der Waals surface area contributed by atoms with Gasteiger partial charge in [0.05, 0.1) is 35.2 Å². The van der Waals surface area contributed by atoms with Gasteiger partial charge in [-0.15, -0.1) is 22.7 Å². The van der Waals surface area contributed by atoms with Gasteiger partial charge in [0, 0.05) is 51.1 Å². The maximum atomic E-state index is 3.91. The van der Waals surface area contributed by atoms with Crippen molar-refractivity contribution in [1.29, 1.82) is 0 Å². The molecule has 0 aliphatic carbocycles. The van der Waals surface area contributed by atoms with Crippen LogP contribution in [0.25, 0.3) is 79.0 Å². The van der Waals surface area contributed by atoms with E-state index in [1.54, 1.807) is 0 Å². The molecule has 2 atom stereocenters. The van der Waals surface area contributed by atoms with Gasteiger partial charge in [0.25, 0.3) is 0 Å². The van der Waals surface area contributed by atoms with E-state index in [1.165, 1.54) is 95.7 Å². The zero-order valence-electron chi connectivity index (χ0n) is 30.8. The molecule has 12 rings (SSSR count). The lowest BCUT2D eigenvalue weighted by molar-refractivity contribution is 0.204. The zero-order valence-corrected chi connectivity index (χ0v) is 32.4. The van der Waals surface area contributed by atoms with Crippen LogP contribution in [0.1, 0.15) is 35.2 Å². The van der Waals surface area contributed by atoms with Crippen molar-refractivity contribution in [3.05, 3.63) is 199 Å². The van der Waals surface area contributed by atoms with Crippen LogP contribution in [-0.2, 0) is 0 Å². The Morgan fingerprint density at radius 2 is 0.860 bits per heavy atom. The summed E-state index contributed by atoms with van der Waals surface area (Å²) < 4.78 is 7.66. The third-order valence-electron chi connectivity index (χ3n) is 11.7. The Morgan fingerprint density at radius 3 is 1.46 bits per heavy atom. The van der Waals surface area contributed by atoms with Crippen molar-refractivity contribution in [2.24, 2.45) is 0 Å². The molecule has 1 aliphatic heterocycles. The van der Waals surface area contributed by atoms with Gasteiger partial charge >= 0.3 is 0 Å². The molecule has 3 aromatic heterocycles. The van der Waals surface area contributed by atoms with Gasteiger partial charge in [-0.2, -0.15) is 0 Å². The van der Waals surface area contributed by atoms with Gasteiger partial charge < -0.3 is 4.57 Å². The largest absolute Gasteiger partial charge is 0.309 e. The molecule has 0 amide bonds. The number of aromatic nitrogens is 1. The average molecular weight is 769 g/mol. The van der Waals surface area contributed by atoms with E-state index < -0.39 is 0 Å². The summed E-state index contributed by atoms with van der Waals surface area (Å²) in [6, 6.07) is 66.5. The number of rotatable bonds is 5. The normalized spacial score (nSPS) is 17.4. The number of para-hydroxylation sites is 2. The van der Waals surface area contributed by atoms with Crippen molar-refractivity contribution in [2.75, 3.05) is 0 Å². The summed E-state index contributed by atoms with van der Waals surface area (Å²) in [5.41, 5.74) is 9.89. The lowest BCUT2D eigenvalue weighted by Gasteiger charge is -2.40. The zero-order chi connectivity index (χ0) is 37.5. The van der Waals surface area contributed by atoms with Crippen LogP contribution in [0, 0.1) is 0 Å². The van der Waals surface area contributed by atoms with Crippen molar-refractivity contribution in [1.82, 2.24) is 20.5 Å². The van der Waals surface area contributed by atoms with Crippen molar-refractivity contribution < 1.29 is 0 Å². The summed E-state index contributed by atoms with van der Waals surface area (Å²) in [5, 5.41) is 19.4. The molecular formula is C51H36N4S2. The van der Waals surface area contributed by atoms with Crippen molar-refractivity contribution in [2.45, 2.75) is 18.5 Å². The van der Waals surface area contributed by atoms with Crippen LogP contribution in [-0.4, -0.2) is 4.57 Å². The third kappa shape index (κ3) is 5.37. The van der Waals surface area contributed by atoms with Crippen LogP contribution in [0.4, 0.5) is 0 Å². The first-order chi connectivity index (χ1) is 28.2. The fourth-order valence-corrected chi connectivity index (χ4v) is 11.5. The third-order valence-corrected chi connectivity index (χ3v) is 14.0. The van der Waals surface area contributed by atoms with E-state index >= 15 is 0 Å². The molecule has 11 aromatic rings. The second kappa shape index (κ2) is 13.2. The van der Waals surface area contributed by atoms with E-state index in [2.05, 4.69) is 203 Å². The molecule has 1 saturated heterocycles. The van der Waals surface area contributed by atoms with Crippen LogP contribution < -0.4 is 16.0 Å². The minimum absolute atomic E-state index is 0.0173. The molecule has 1 fully saturated rings. The van der Waals surface area contributed by atoms with Crippen molar-refractivity contribution in [3.8, 4) is 16.8 Å². The highest BCUT2D eigenvalue weighted by atomic mass is 32.1. The van der Waals surface area contributed by atoms with E-state index in [9.17, 15) is 0 Å². The SMILES string of the molecule is c1ccc(C2NC(c3ccccc3)NC(c3cccc4sc5cc(-c6ccc7c(c6)sc6cccc(-n8c9ccccc9c9ccccc98)c67)ccc5c34)N2)cc1. The number of thiophene rings is 2. The number of benzene rings is 8. The Labute approximate surface area is 337 Å². The fraction of sp³-hybridized carbons (Fsp3) is 0.0588. The fourth-order valence-electron chi connectivity index (χ4n) is 9.13. The second-order valence-electron chi connectivity index (χ2n) is 15.0. The van der Waals surface area contributed by atoms with Crippen molar-refractivity contribution >= 4 is 84.8 Å². The molecular weight excluding hydrogens is 733 g/mol. The first-order valence-corrected chi connectivity index (χ1v) is 21.2. The molecule has 57 heavy (non-hydrogen) atoms. The van der Waals surface area contributed by atoms with Gasteiger partial charge in [0.15, 0.2) is 0 Å². The minimum Gasteiger partial charge on any atom is -0.309 e. The van der Waals surface area contributed by atoms with Crippen LogP contribution >= 0.6 is 22.7 Å². The molecule has 2 unspecified atom stereocenters. The number of hydrogen-bond acceptors (Lipinski definition) is 5. The number of nitrogens with one attached hydrogen (secondary N) is 3. The first kappa shape index (κ1) is 33.1. The van der Waals surface area contributed by atoms with Crippen LogP contribution in [0.15, 0.2) is 182 Å². The molecule has 272 valence electrons. The molecule has 3 N–H and O–H groups in total. The van der Waals surface area contributed by atoms with E-state index in [-0.39, 0.29) is 18.5 Å². The molecule has 0 bridgehead atoms. The highest BCUT2D eigenvalue weighted by molar-refractivity contribution is 7.26. The number of fused-ring (bicyclic) bond motifs is 9. The number of nitrogens with zero attached hydrogens (tertiary/aromatic N) is 1. The van der Waals surface area contributed by atoms with E-state index in [1.807, 2.05) is 22.7 Å². The van der Waals surface area contributed by atoms with Crippen LogP contribution in [0.3, 0.4) is 0 Å². The Kier molecular flexibility index (Phi) is 7.68. The lowest BCUT2D eigenvalue weighted by Crippen LogP contribution is -2.54. The molecule has 1 aliphatic rings. The maximum absolute atomic E-state index is 3.91. The van der Waals surface area contributed by atoms with Gasteiger partial charge in [-0.1, -0.05) is 140 Å². The molecule has 8 aromatic carbocycles. The highest BCUT2D eigenvalue weighted by Gasteiger charge is 2.31. The predicted molar refractivity (Wildman–Crippen MR) is 243 cm³/mol. The average Bonchev–Trinajstić information content (AvgIpc) is 3.96. The molecule has 4 nitrogen and oxygen atoms in total. The summed E-state index contributed by atoms with van der Waals surface area (Å²) in [6.07, 6.45) is -0.0989. The van der Waals surface area contributed by atoms with E-state index in [0.717, 1.165) is 0 Å². The van der Waals surface area contributed by atoms with E-state index in [0.29, 0.717) is 0 Å². The molecule has 0 spiro atoms. The smallest absolute Gasteiger partial charge is 0.0871 e. The molecule has 0 saturated carbocycles. The first-order valence-electron chi connectivity index (χ1n) is 19.5. The Bertz CT molecular complexity index is 3210. The van der Waals surface area contributed by atoms with Crippen LogP contribution in [0.5, 0.6) is 0 Å². The lowest BCUT2D eigenvalue weighted by atomic mass is 9.98. The van der Waals surface area contributed by atoms with Gasteiger partial charge in [0.1, 0.15) is 0 Å². The minimum atomic E-state index is -0.0642. The molecule has 6 heteroatoms. The molecule has 4 heterocycles. The summed E-state index contributed by atoms with van der Waals surface area (Å²) in [5.74, 6) is 0. The van der Waals surface area contributed by atoms with Gasteiger partial charge in [0.2, 0.25) is 0 Å². The Morgan fingerprint density at radius 1 is 0.368 bits per heavy atom. The van der Waals surface area contributed by atoms with Crippen molar-refractivity contribution in [3.63, 3.8) is 0 Å². The quantitative estimate of drug-likeness (QED) is 0.163. The standard InChI is InChI=1S/C51H36N4S2/c1-3-13-31(14-4-1)49-52-50(32-15-5-2-6-16-32)54-51(53-49)39-19-11-23-43-47(39)37-27-25-33(29-45(37)56-43)34-26-28-38-46(30-34)57-44-24-12-22-42(48(38)44)55-40-20-9-7-17-35(40)36-18-8-10-21-41(36)55/h1-30,49-54H. The maximum Gasteiger partial charge on any atom is 0.0871 e. The topological polar surface area (TPSA) is 41.0 Å². The van der Waals surface area contributed by atoms with Gasteiger partial charge in [-0.3, -0.25) is 16.0 Å².